The minimum atomic E-state index is 1.02. The van der Waals surface area contributed by atoms with Crippen LogP contribution in [0.3, 0.4) is 0 Å². The first-order chi connectivity index (χ1) is 14.4. The molecule has 0 fully saturated rings. The summed E-state index contributed by atoms with van der Waals surface area (Å²) in [5, 5.41) is 3.18. The van der Waals surface area contributed by atoms with E-state index in [0.717, 1.165) is 21.8 Å². The second-order valence-corrected chi connectivity index (χ2v) is 7.78. The van der Waals surface area contributed by atoms with Crippen LogP contribution < -0.4 is 0 Å². The van der Waals surface area contributed by atoms with Gasteiger partial charge in [-0.05, 0) is 22.3 Å². The molecule has 0 unspecified atom stereocenters. The summed E-state index contributed by atoms with van der Waals surface area (Å²) in [6, 6.07) is 38.2. The predicted molar refractivity (Wildman–Crippen MR) is 124 cm³/mol. The van der Waals surface area contributed by atoms with Crippen molar-refractivity contribution in [3.05, 3.63) is 115 Å². The molecule has 5 aromatic rings. The van der Waals surface area contributed by atoms with E-state index in [9.17, 15) is 0 Å². The Balaban J connectivity index is 1.38. The molecule has 0 aliphatic heterocycles. The van der Waals surface area contributed by atoms with Crippen LogP contribution in [-0.4, -0.2) is 4.98 Å². The van der Waals surface area contributed by atoms with E-state index in [1.165, 1.54) is 22.3 Å². The molecule has 138 valence electrons. The summed E-state index contributed by atoms with van der Waals surface area (Å²) >= 11 is 1.69. The van der Waals surface area contributed by atoms with Gasteiger partial charge in [-0.3, -0.25) is 0 Å². The summed E-state index contributed by atoms with van der Waals surface area (Å²) < 4.78 is 0. The zero-order chi connectivity index (χ0) is 19.5. The van der Waals surface area contributed by atoms with Crippen LogP contribution in [0.25, 0.3) is 44.1 Å². The van der Waals surface area contributed by atoms with Crippen molar-refractivity contribution in [2.24, 2.45) is 0 Å². The molecule has 0 N–H and O–H groups in total. The normalized spacial score (nSPS) is 10.8. The van der Waals surface area contributed by atoms with Crippen molar-refractivity contribution in [2.75, 3.05) is 0 Å². The third kappa shape index (κ3) is 3.75. The van der Waals surface area contributed by atoms with Gasteiger partial charge in [-0.25, -0.2) is 4.98 Å². The van der Waals surface area contributed by atoms with Gasteiger partial charge < -0.3 is 0 Å². The van der Waals surface area contributed by atoms with E-state index in [1.807, 2.05) is 12.1 Å². The molecule has 0 atom stereocenters. The summed E-state index contributed by atoms with van der Waals surface area (Å²) in [4.78, 5) is 4.87. The van der Waals surface area contributed by atoms with Gasteiger partial charge in [-0.15, -0.1) is 11.3 Å². The lowest BCUT2D eigenvalue weighted by Crippen LogP contribution is -1.82. The average molecular weight is 390 g/mol. The van der Waals surface area contributed by atoms with Crippen LogP contribution in [0.1, 0.15) is 0 Å². The Labute approximate surface area is 175 Å². The molecule has 2 heteroatoms. The summed E-state index contributed by atoms with van der Waals surface area (Å²) in [6.45, 7) is 0. The first-order valence-corrected chi connectivity index (χ1v) is 10.5. The molecule has 1 nitrogen and oxygen atoms in total. The number of nitrogens with zero attached hydrogens (tertiary/aromatic N) is 1. The number of aromatic nitrogens is 1. The zero-order valence-corrected chi connectivity index (χ0v) is 16.6. The van der Waals surface area contributed by atoms with Gasteiger partial charge in [0.25, 0.3) is 0 Å². The Morgan fingerprint density at radius 2 is 0.828 bits per heavy atom. The molecule has 0 aliphatic carbocycles. The summed E-state index contributed by atoms with van der Waals surface area (Å²) in [7, 11) is 0. The maximum absolute atomic E-state index is 4.87. The van der Waals surface area contributed by atoms with E-state index in [4.69, 9.17) is 4.98 Å². The molecule has 0 aliphatic rings. The molecule has 0 amide bonds. The van der Waals surface area contributed by atoms with Crippen molar-refractivity contribution in [1.29, 1.82) is 0 Å². The van der Waals surface area contributed by atoms with E-state index in [2.05, 4.69) is 102 Å². The Morgan fingerprint density at radius 3 is 1.34 bits per heavy atom. The number of rotatable bonds is 4. The molecule has 5 rings (SSSR count). The number of benzene rings is 4. The topological polar surface area (TPSA) is 12.9 Å². The van der Waals surface area contributed by atoms with Crippen LogP contribution in [0.15, 0.2) is 115 Å². The van der Waals surface area contributed by atoms with Gasteiger partial charge in [0.15, 0.2) is 0 Å². The van der Waals surface area contributed by atoms with E-state index >= 15 is 0 Å². The van der Waals surface area contributed by atoms with Gasteiger partial charge in [0.1, 0.15) is 5.01 Å². The van der Waals surface area contributed by atoms with Gasteiger partial charge in [-0.2, -0.15) is 0 Å². The molecule has 0 spiro atoms. The van der Waals surface area contributed by atoms with Crippen molar-refractivity contribution in [3.8, 4) is 44.1 Å². The third-order valence-corrected chi connectivity index (χ3v) is 5.92. The lowest BCUT2D eigenvalue weighted by molar-refractivity contribution is 1.40. The van der Waals surface area contributed by atoms with Crippen molar-refractivity contribution in [3.63, 3.8) is 0 Å². The highest BCUT2D eigenvalue weighted by Gasteiger charge is 2.08. The maximum atomic E-state index is 4.87. The van der Waals surface area contributed by atoms with E-state index < -0.39 is 0 Å². The first kappa shape index (κ1) is 17.6. The lowest BCUT2D eigenvalue weighted by atomic mass is 10.0. The van der Waals surface area contributed by atoms with E-state index in [0.29, 0.717) is 0 Å². The molecule has 4 aromatic carbocycles. The highest BCUT2D eigenvalue weighted by molar-refractivity contribution is 7.13. The van der Waals surface area contributed by atoms with Gasteiger partial charge in [0, 0.05) is 16.5 Å². The largest absolute Gasteiger partial charge is 0.236 e. The van der Waals surface area contributed by atoms with E-state index in [-0.39, 0.29) is 0 Å². The Hall–Kier alpha value is -3.49. The Kier molecular flexibility index (Phi) is 4.77. The lowest BCUT2D eigenvalue weighted by Gasteiger charge is -2.03. The van der Waals surface area contributed by atoms with Gasteiger partial charge in [-0.1, -0.05) is 109 Å². The van der Waals surface area contributed by atoms with Crippen molar-refractivity contribution < 1.29 is 0 Å². The molecular formula is C27H19NS. The SMILES string of the molecule is c1ccc(-c2ccc(-c3csc(-c4ccc(-c5ccccc5)cc4)n3)cc2)cc1. The number of thiazole rings is 1. The smallest absolute Gasteiger partial charge is 0.124 e. The van der Waals surface area contributed by atoms with Gasteiger partial charge in [0.2, 0.25) is 0 Å². The second kappa shape index (κ2) is 7.86. The van der Waals surface area contributed by atoms with Crippen molar-refractivity contribution in [2.45, 2.75) is 0 Å². The molecule has 29 heavy (non-hydrogen) atoms. The molecule has 1 heterocycles. The molecular weight excluding hydrogens is 370 g/mol. The van der Waals surface area contributed by atoms with Crippen molar-refractivity contribution in [1.82, 2.24) is 4.98 Å². The molecule has 0 bridgehead atoms. The first-order valence-electron chi connectivity index (χ1n) is 9.64. The van der Waals surface area contributed by atoms with Gasteiger partial charge >= 0.3 is 0 Å². The van der Waals surface area contributed by atoms with Crippen LogP contribution in [0.2, 0.25) is 0 Å². The summed E-state index contributed by atoms with van der Waals surface area (Å²) in [5.41, 5.74) is 8.24. The molecule has 0 radical (unpaired) electrons. The van der Waals surface area contributed by atoms with Crippen LogP contribution in [-0.2, 0) is 0 Å². The van der Waals surface area contributed by atoms with Crippen LogP contribution in [0, 0.1) is 0 Å². The Bertz CT molecular complexity index is 1110. The fraction of sp³-hybridized carbons (Fsp3) is 0. The third-order valence-electron chi connectivity index (χ3n) is 5.03. The molecule has 1 aromatic heterocycles. The molecule has 0 saturated carbocycles. The van der Waals surface area contributed by atoms with Crippen LogP contribution >= 0.6 is 11.3 Å². The minimum absolute atomic E-state index is 1.02. The zero-order valence-electron chi connectivity index (χ0n) is 15.8. The average Bonchev–Trinajstić information content (AvgIpc) is 3.31. The quantitative estimate of drug-likeness (QED) is 0.305. The monoisotopic (exact) mass is 389 g/mol. The van der Waals surface area contributed by atoms with Gasteiger partial charge in [0.05, 0.1) is 5.69 Å². The fourth-order valence-electron chi connectivity index (χ4n) is 3.44. The van der Waals surface area contributed by atoms with Crippen LogP contribution in [0.4, 0.5) is 0 Å². The molecule has 0 saturated heterocycles. The summed E-state index contributed by atoms with van der Waals surface area (Å²) in [6.07, 6.45) is 0. The minimum Gasteiger partial charge on any atom is -0.236 e. The van der Waals surface area contributed by atoms with Crippen molar-refractivity contribution >= 4 is 11.3 Å². The standard InChI is InChI=1S/C27H19NS/c1-3-7-20(8-4-1)22-11-15-24(16-12-22)26-19-29-27(28-26)25-17-13-23(14-18-25)21-9-5-2-6-10-21/h1-19H. The second-order valence-electron chi connectivity index (χ2n) is 6.92. The highest BCUT2D eigenvalue weighted by atomic mass is 32.1. The Morgan fingerprint density at radius 1 is 0.414 bits per heavy atom. The summed E-state index contributed by atoms with van der Waals surface area (Å²) in [5.74, 6) is 0. The number of hydrogen-bond donors (Lipinski definition) is 0. The van der Waals surface area contributed by atoms with Crippen LogP contribution in [0.5, 0.6) is 0 Å². The number of hydrogen-bond acceptors (Lipinski definition) is 2. The maximum Gasteiger partial charge on any atom is 0.124 e. The van der Waals surface area contributed by atoms with E-state index in [1.54, 1.807) is 11.3 Å². The predicted octanol–water partition coefficient (Wildman–Crippen LogP) is 7.81. The fourth-order valence-corrected chi connectivity index (χ4v) is 4.27. The highest BCUT2D eigenvalue weighted by Crippen LogP contribution is 2.31.